The maximum absolute atomic E-state index is 12.4. The maximum Gasteiger partial charge on any atom is 0.338 e. The predicted octanol–water partition coefficient (Wildman–Crippen LogP) is 5.34. The molecule has 0 N–H and O–H groups in total. The van der Waals surface area contributed by atoms with Crippen LogP contribution in [-0.2, 0) is 11.3 Å². The molecule has 0 bridgehead atoms. The number of imidazole rings is 1. The first kappa shape index (κ1) is 17.3. The summed E-state index contributed by atoms with van der Waals surface area (Å²) in [5, 5.41) is 0.653. The minimum absolute atomic E-state index is 0.200. The Bertz CT molecular complexity index is 1100. The smallest absolute Gasteiger partial charge is 0.338 e. The van der Waals surface area contributed by atoms with Gasteiger partial charge in [-0.2, -0.15) is 0 Å². The number of ether oxygens (including phenoxy) is 1. The summed E-state index contributed by atoms with van der Waals surface area (Å²) in [6.07, 6.45) is 0. The molecule has 0 fully saturated rings. The molecular formula is C22H17ClN2O2. The van der Waals surface area contributed by atoms with Gasteiger partial charge in [0.1, 0.15) is 12.4 Å². The number of halogens is 1. The average molecular weight is 377 g/mol. The van der Waals surface area contributed by atoms with Gasteiger partial charge in [-0.1, -0.05) is 41.9 Å². The number of hydrogen-bond acceptors (Lipinski definition) is 3. The number of aromatic nitrogens is 2. The molecule has 27 heavy (non-hydrogen) atoms. The lowest BCUT2D eigenvalue weighted by molar-refractivity contribution is 0.0473. The van der Waals surface area contributed by atoms with Crippen molar-refractivity contribution in [2.75, 3.05) is 0 Å². The summed E-state index contributed by atoms with van der Waals surface area (Å²) in [5.74, 6) is 0.488. The van der Waals surface area contributed by atoms with E-state index in [-0.39, 0.29) is 12.6 Å². The highest BCUT2D eigenvalue weighted by atomic mass is 35.5. The van der Waals surface area contributed by atoms with Gasteiger partial charge in [0.25, 0.3) is 0 Å². The van der Waals surface area contributed by atoms with Gasteiger partial charge in [-0.15, -0.1) is 0 Å². The summed E-state index contributed by atoms with van der Waals surface area (Å²) in [6.45, 7) is 2.15. The lowest BCUT2D eigenvalue weighted by atomic mass is 10.2. The van der Waals surface area contributed by atoms with Crippen LogP contribution in [0.15, 0.2) is 72.8 Å². The highest BCUT2D eigenvalue weighted by molar-refractivity contribution is 6.30. The van der Waals surface area contributed by atoms with Gasteiger partial charge >= 0.3 is 5.97 Å². The molecule has 0 saturated carbocycles. The molecule has 0 saturated heterocycles. The Labute approximate surface area is 162 Å². The second kappa shape index (κ2) is 7.25. The van der Waals surface area contributed by atoms with E-state index >= 15 is 0 Å². The van der Waals surface area contributed by atoms with E-state index in [1.165, 1.54) is 0 Å². The van der Waals surface area contributed by atoms with E-state index in [0.717, 1.165) is 28.1 Å². The first-order valence-corrected chi connectivity index (χ1v) is 8.96. The van der Waals surface area contributed by atoms with Crippen LogP contribution in [0.2, 0.25) is 5.02 Å². The van der Waals surface area contributed by atoms with Crippen LogP contribution in [0.4, 0.5) is 0 Å². The Balaban J connectivity index is 1.58. The standard InChI is InChI=1S/C22H17ClN2O2/c1-15-24-20-13-17(22(26)27-14-16-7-10-18(23)11-8-16)9-12-21(20)25(15)19-5-3-2-4-6-19/h2-13H,14H2,1H3. The Kier molecular flexibility index (Phi) is 4.65. The first-order chi connectivity index (χ1) is 13.1. The van der Waals surface area contributed by atoms with E-state index in [0.29, 0.717) is 10.6 Å². The second-order valence-corrected chi connectivity index (χ2v) is 6.67. The molecule has 3 aromatic carbocycles. The summed E-state index contributed by atoms with van der Waals surface area (Å²) in [5.41, 5.74) is 4.12. The number of fused-ring (bicyclic) bond motifs is 1. The molecular weight excluding hydrogens is 360 g/mol. The summed E-state index contributed by atoms with van der Waals surface area (Å²) in [4.78, 5) is 17.0. The molecule has 0 radical (unpaired) electrons. The van der Waals surface area contributed by atoms with Crippen molar-refractivity contribution in [3.8, 4) is 5.69 Å². The summed E-state index contributed by atoms with van der Waals surface area (Å²) in [7, 11) is 0. The van der Waals surface area contributed by atoms with Crippen LogP contribution in [0, 0.1) is 6.92 Å². The fourth-order valence-corrected chi connectivity index (χ4v) is 3.17. The zero-order valence-corrected chi connectivity index (χ0v) is 15.5. The van der Waals surface area contributed by atoms with Crippen molar-refractivity contribution in [3.05, 3.63) is 94.8 Å². The molecule has 0 aliphatic heterocycles. The van der Waals surface area contributed by atoms with E-state index in [1.807, 2.05) is 55.5 Å². The van der Waals surface area contributed by atoms with E-state index < -0.39 is 0 Å². The predicted molar refractivity (Wildman–Crippen MR) is 106 cm³/mol. The van der Waals surface area contributed by atoms with E-state index in [4.69, 9.17) is 16.3 Å². The van der Waals surface area contributed by atoms with Crippen molar-refractivity contribution in [2.45, 2.75) is 13.5 Å². The number of carbonyl (C=O) groups excluding carboxylic acids is 1. The van der Waals surface area contributed by atoms with Gasteiger partial charge in [-0.25, -0.2) is 9.78 Å². The van der Waals surface area contributed by atoms with Crippen molar-refractivity contribution in [1.82, 2.24) is 9.55 Å². The minimum atomic E-state index is -0.376. The Morgan fingerprint density at radius 2 is 1.78 bits per heavy atom. The number of rotatable bonds is 4. The normalized spacial score (nSPS) is 10.9. The zero-order valence-electron chi connectivity index (χ0n) is 14.7. The van der Waals surface area contributed by atoms with Gasteiger partial charge in [0, 0.05) is 10.7 Å². The summed E-state index contributed by atoms with van der Waals surface area (Å²) < 4.78 is 7.48. The molecule has 4 aromatic rings. The maximum atomic E-state index is 12.4. The third-order valence-electron chi connectivity index (χ3n) is 4.36. The fourth-order valence-electron chi connectivity index (χ4n) is 3.04. The summed E-state index contributed by atoms with van der Waals surface area (Å²) in [6, 6.07) is 22.7. The van der Waals surface area contributed by atoms with Crippen molar-refractivity contribution in [1.29, 1.82) is 0 Å². The van der Waals surface area contributed by atoms with Gasteiger partial charge in [-0.05, 0) is 55.0 Å². The lowest BCUT2D eigenvalue weighted by Gasteiger charge is -2.07. The Morgan fingerprint density at radius 3 is 2.52 bits per heavy atom. The molecule has 4 nitrogen and oxygen atoms in total. The number of nitrogens with zero attached hydrogens (tertiary/aromatic N) is 2. The van der Waals surface area contributed by atoms with Crippen molar-refractivity contribution in [3.63, 3.8) is 0 Å². The topological polar surface area (TPSA) is 44.1 Å². The number of para-hydroxylation sites is 1. The first-order valence-electron chi connectivity index (χ1n) is 8.58. The summed E-state index contributed by atoms with van der Waals surface area (Å²) >= 11 is 5.87. The van der Waals surface area contributed by atoms with Crippen LogP contribution >= 0.6 is 11.6 Å². The number of benzene rings is 3. The molecule has 134 valence electrons. The van der Waals surface area contributed by atoms with Gasteiger partial charge in [0.15, 0.2) is 0 Å². The lowest BCUT2D eigenvalue weighted by Crippen LogP contribution is -2.05. The Morgan fingerprint density at radius 1 is 1.04 bits per heavy atom. The molecule has 0 aliphatic carbocycles. The van der Waals surface area contributed by atoms with Crippen molar-refractivity contribution < 1.29 is 9.53 Å². The fraction of sp³-hybridized carbons (Fsp3) is 0.0909. The molecule has 5 heteroatoms. The second-order valence-electron chi connectivity index (χ2n) is 6.24. The largest absolute Gasteiger partial charge is 0.457 e. The van der Waals surface area contributed by atoms with Crippen LogP contribution in [-0.4, -0.2) is 15.5 Å². The average Bonchev–Trinajstić information content (AvgIpc) is 3.02. The number of hydrogen-bond donors (Lipinski definition) is 0. The third-order valence-corrected chi connectivity index (χ3v) is 4.61. The SMILES string of the molecule is Cc1nc2cc(C(=O)OCc3ccc(Cl)cc3)ccc2n1-c1ccccc1. The van der Waals surface area contributed by atoms with Crippen molar-refractivity contribution >= 4 is 28.6 Å². The molecule has 4 rings (SSSR count). The minimum Gasteiger partial charge on any atom is -0.457 e. The van der Waals surface area contributed by atoms with Gasteiger partial charge in [0.2, 0.25) is 0 Å². The van der Waals surface area contributed by atoms with Crippen LogP contribution < -0.4 is 0 Å². The number of esters is 1. The Hall–Kier alpha value is -3.11. The highest BCUT2D eigenvalue weighted by Gasteiger charge is 2.13. The van der Waals surface area contributed by atoms with Crippen molar-refractivity contribution in [2.24, 2.45) is 0 Å². The molecule has 0 atom stereocenters. The number of carbonyl (C=O) groups is 1. The van der Waals surface area contributed by atoms with Crippen LogP contribution in [0.3, 0.4) is 0 Å². The van der Waals surface area contributed by atoms with Gasteiger partial charge in [-0.3, -0.25) is 4.57 Å². The molecule has 0 unspecified atom stereocenters. The van der Waals surface area contributed by atoms with E-state index in [2.05, 4.69) is 9.55 Å². The van der Waals surface area contributed by atoms with E-state index in [9.17, 15) is 4.79 Å². The van der Waals surface area contributed by atoms with Crippen LogP contribution in [0.5, 0.6) is 0 Å². The monoisotopic (exact) mass is 376 g/mol. The molecule has 1 heterocycles. The molecule has 0 amide bonds. The van der Waals surface area contributed by atoms with Crippen LogP contribution in [0.25, 0.3) is 16.7 Å². The third kappa shape index (κ3) is 3.57. The molecule has 0 aliphatic rings. The highest BCUT2D eigenvalue weighted by Crippen LogP contribution is 2.23. The van der Waals surface area contributed by atoms with Gasteiger partial charge < -0.3 is 4.74 Å². The van der Waals surface area contributed by atoms with Gasteiger partial charge in [0.05, 0.1) is 16.6 Å². The van der Waals surface area contributed by atoms with E-state index in [1.54, 1.807) is 24.3 Å². The van der Waals surface area contributed by atoms with Crippen LogP contribution in [0.1, 0.15) is 21.7 Å². The quantitative estimate of drug-likeness (QED) is 0.451. The molecule has 0 spiro atoms. The molecule has 1 aromatic heterocycles. The number of aryl methyl sites for hydroxylation is 1. The zero-order chi connectivity index (χ0) is 18.8.